The summed E-state index contributed by atoms with van der Waals surface area (Å²) in [5.41, 5.74) is 2.46. The van der Waals surface area contributed by atoms with Gasteiger partial charge in [0.05, 0.1) is 6.04 Å². The molecule has 2 aromatic rings. The van der Waals surface area contributed by atoms with E-state index in [0.717, 1.165) is 27.4 Å². The maximum absolute atomic E-state index is 6.12. The van der Waals surface area contributed by atoms with Crippen molar-refractivity contribution in [2.75, 3.05) is 11.1 Å². The van der Waals surface area contributed by atoms with Gasteiger partial charge in [0.2, 0.25) is 0 Å². The first-order valence-electron chi connectivity index (χ1n) is 6.17. The normalized spacial score (nSPS) is 17.9. The van der Waals surface area contributed by atoms with Crippen molar-refractivity contribution in [3.63, 3.8) is 0 Å². The average molecular weight is 355 g/mol. The zero-order chi connectivity index (χ0) is 13.2. The van der Waals surface area contributed by atoms with Gasteiger partial charge in [0.15, 0.2) is 0 Å². The molecule has 0 bridgehead atoms. The summed E-state index contributed by atoms with van der Waals surface area (Å²) >= 11 is 11.5. The fourth-order valence-electron chi connectivity index (χ4n) is 2.26. The lowest BCUT2D eigenvalue weighted by Crippen LogP contribution is -2.16. The van der Waals surface area contributed by atoms with Crippen LogP contribution >= 0.6 is 39.3 Å². The fraction of sp³-hybridized carbons (Fsp3) is 0.200. The van der Waals surface area contributed by atoms with Gasteiger partial charge >= 0.3 is 0 Å². The van der Waals surface area contributed by atoms with Crippen molar-refractivity contribution in [1.29, 1.82) is 0 Å². The third-order valence-corrected chi connectivity index (χ3v) is 5.08. The molecule has 0 amide bonds. The Morgan fingerprint density at radius 3 is 2.74 bits per heavy atom. The van der Waals surface area contributed by atoms with Crippen LogP contribution in [0.15, 0.2) is 51.8 Å². The number of hydrogen-bond donors (Lipinski definition) is 1. The van der Waals surface area contributed by atoms with Crippen molar-refractivity contribution in [2.24, 2.45) is 0 Å². The Labute approximate surface area is 130 Å². The molecule has 1 aliphatic heterocycles. The molecule has 0 spiro atoms. The van der Waals surface area contributed by atoms with Crippen molar-refractivity contribution in [1.82, 2.24) is 0 Å². The van der Waals surface area contributed by atoms with Crippen LogP contribution in [-0.4, -0.2) is 5.75 Å². The van der Waals surface area contributed by atoms with Gasteiger partial charge in [-0.1, -0.05) is 27.5 Å². The molecule has 2 aromatic carbocycles. The van der Waals surface area contributed by atoms with Crippen molar-refractivity contribution >= 4 is 45.0 Å². The summed E-state index contributed by atoms with van der Waals surface area (Å²) in [6, 6.07) is 14.8. The molecule has 1 heterocycles. The number of fused-ring (bicyclic) bond motifs is 1. The Balaban J connectivity index is 1.87. The predicted octanol–water partition coefficient (Wildman–Crippen LogP) is 5.75. The molecule has 1 N–H and O–H groups in total. The third kappa shape index (κ3) is 3.10. The number of halogens is 2. The van der Waals surface area contributed by atoms with Crippen molar-refractivity contribution in [3.05, 3.63) is 57.5 Å². The minimum absolute atomic E-state index is 0.344. The van der Waals surface area contributed by atoms with Crippen molar-refractivity contribution < 1.29 is 0 Å². The third-order valence-electron chi connectivity index (χ3n) is 3.20. The van der Waals surface area contributed by atoms with Crippen LogP contribution in [0.25, 0.3) is 0 Å². The highest BCUT2D eigenvalue weighted by atomic mass is 79.9. The van der Waals surface area contributed by atoms with E-state index in [1.54, 1.807) is 0 Å². The number of hydrogen-bond acceptors (Lipinski definition) is 2. The Morgan fingerprint density at radius 2 is 1.95 bits per heavy atom. The molecular weight excluding hydrogens is 342 g/mol. The van der Waals surface area contributed by atoms with Crippen LogP contribution in [0.1, 0.15) is 18.0 Å². The lowest BCUT2D eigenvalue weighted by Gasteiger charge is -2.27. The van der Waals surface area contributed by atoms with Crippen molar-refractivity contribution in [2.45, 2.75) is 17.4 Å². The summed E-state index contributed by atoms with van der Waals surface area (Å²) in [4.78, 5) is 1.34. The van der Waals surface area contributed by atoms with E-state index in [0.29, 0.717) is 6.04 Å². The number of anilines is 1. The summed E-state index contributed by atoms with van der Waals surface area (Å²) in [5, 5.41) is 4.41. The molecule has 1 aliphatic rings. The molecule has 98 valence electrons. The van der Waals surface area contributed by atoms with Crippen LogP contribution in [0.3, 0.4) is 0 Å². The lowest BCUT2D eigenvalue weighted by molar-refractivity contribution is 0.728. The van der Waals surface area contributed by atoms with Gasteiger partial charge in [-0.05, 0) is 54.4 Å². The van der Waals surface area contributed by atoms with E-state index in [9.17, 15) is 0 Å². The fourth-order valence-corrected chi connectivity index (χ4v) is 3.81. The van der Waals surface area contributed by atoms with Gasteiger partial charge in [0.1, 0.15) is 0 Å². The Morgan fingerprint density at radius 1 is 1.16 bits per heavy atom. The molecule has 0 radical (unpaired) electrons. The van der Waals surface area contributed by atoms with Crippen LogP contribution in [-0.2, 0) is 0 Å². The van der Waals surface area contributed by atoms with Crippen molar-refractivity contribution in [3.8, 4) is 0 Å². The first kappa shape index (κ1) is 13.3. The maximum Gasteiger partial charge on any atom is 0.0533 e. The second-order valence-electron chi connectivity index (χ2n) is 4.52. The number of benzene rings is 2. The van der Waals surface area contributed by atoms with E-state index in [4.69, 9.17) is 11.6 Å². The molecule has 0 saturated carbocycles. The summed E-state index contributed by atoms with van der Waals surface area (Å²) in [6.45, 7) is 0. The molecule has 0 saturated heterocycles. The Hall–Kier alpha value is -0.640. The SMILES string of the molecule is Clc1ccc2c(c1)C(Nc1ccc(Br)cc1)CCS2. The van der Waals surface area contributed by atoms with E-state index in [1.165, 1.54) is 10.5 Å². The lowest BCUT2D eigenvalue weighted by atomic mass is 10.0. The molecule has 19 heavy (non-hydrogen) atoms. The first-order valence-corrected chi connectivity index (χ1v) is 8.32. The van der Waals surface area contributed by atoms with Crippen LogP contribution in [0.2, 0.25) is 5.02 Å². The van der Waals surface area contributed by atoms with E-state index >= 15 is 0 Å². The maximum atomic E-state index is 6.12. The second kappa shape index (κ2) is 5.78. The molecule has 1 nitrogen and oxygen atoms in total. The van der Waals surface area contributed by atoms with Crippen LogP contribution in [0, 0.1) is 0 Å². The van der Waals surface area contributed by atoms with Crippen LogP contribution < -0.4 is 5.32 Å². The standard InChI is InChI=1S/C15H13BrClNS/c16-10-1-4-12(5-2-10)18-14-7-8-19-15-6-3-11(17)9-13(14)15/h1-6,9,14,18H,7-8H2. The Bertz CT molecular complexity index is 585. The van der Waals surface area contributed by atoms with E-state index < -0.39 is 0 Å². The summed E-state index contributed by atoms with van der Waals surface area (Å²) in [5.74, 6) is 1.14. The Kier molecular flexibility index (Phi) is 4.06. The minimum Gasteiger partial charge on any atom is -0.378 e. The van der Waals surface area contributed by atoms with Gasteiger partial charge in [-0.15, -0.1) is 11.8 Å². The molecule has 0 aromatic heterocycles. The number of thioether (sulfide) groups is 1. The molecule has 0 aliphatic carbocycles. The highest BCUT2D eigenvalue weighted by molar-refractivity contribution is 9.10. The van der Waals surface area contributed by atoms with E-state index in [1.807, 2.05) is 17.8 Å². The van der Waals surface area contributed by atoms with Crippen LogP contribution in [0.5, 0.6) is 0 Å². The highest BCUT2D eigenvalue weighted by Gasteiger charge is 2.20. The first-order chi connectivity index (χ1) is 9.22. The zero-order valence-corrected chi connectivity index (χ0v) is 13.4. The van der Waals surface area contributed by atoms with Gasteiger partial charge in [0.25, 0.3) is 0 Å². The van der Waals surface area contributed by atoms with Gasteiger partial charge < -0.3 is 5.32 Å². The smallest absolute Gasteiger partial charge is 0.0533 e. The quantitative estimate of drug-likeness (QED) is 0.736. The molecular formula is C15H13BrClNS. The topological polar surface area (TPSA) is 12.0 Å². The number of nitrogens with one attached hydrogen (secondary N) is 1. The molecule has 1 unspecified atom stereocenters. The van der Waals surface area contributed by atoms with E-state index in [-0.39, 0.29) is 0 Å². The monoisotopic (exact) mass is 353 g/mol. The zero-order valence-electron chi connectivity index (χ0n) is 10.2. The van der Waals surface area contributed by atoms with E-state index in [2.05, 4.69) is 57.6 Å². The highest BCUT2D eigenvalue weighted by Crippen LogP contribution is 2.39. The molecule has 3 rings (SSSR count). The van der Waals surface area contributed by atoms with Gasteiger partial charge in [-0.25, -0.2) is 0 Å². The average Bonchev–Trinajstić information content (AvgIpc) is 2.42. The molecule has 0 fully saturated rings. The summed E-state index contributed by atoms with van der Waals surface area (Å²) < 4.78 is 1.10. The second-order valence-corrected chi connectivity index (χ2v) is 7.01. The molecule has 1 atom stereocenters. The number of rotatable bonds is 2. The molecule has 4 heteroatoms. The van der Waals surface area contributed by atoms with Gasteiger partial charge in [-0.3, -0.25) is 0 Å². The predicted molar refractivity (Wildman–Crippen MR) is 87.3 cm³/mol. The summed E-state index contributed by atoms with van der Waals surface area (Å²) in [7, 11) is 0. The minimum atomic E-state index is 0.344. The van der Waals surface area contributed by atoms with Gasteiger partial charge in [0, 0.05) is 25.8 Å². The summed E-state index contributed by atoms with van der Waals surface area (Å²) in [6.07, 6.45) is 1.12. The largest absolute Gasteiger partial charge is 0.378 e. The van der Waals surface area contributed by atoms with Gasteiger partial charge in [-0.2, -0.15) is 0 Å². The van der Waals surface area contributed by atoms with Crippen LogP contribution in [0.4, 0.5) is 5.69 Å².